The van der Waals surface area contributed by atoms with Crippen molar-refractivity contribution in [3.8, 4) is 0 Å². The number of allylic oxidation sites excluding steroid dienone is 1. The molecule has 8 nitrogen and oxygen atoms in total. The zero-order chi connectivity index (χ0) is 29.7. The lowest BCUT2D eigenvalue weighted by atomic mass is 10.1. The second-order valence-corrected chi connectivity index (χ2v) is 15.3. The van der Waals surface area contributed by atoms with Gasteiger partial charge in [0.1, 0.15) is 0 Å². The molecule has 0 saturated carbocycles. The van der Waals surface area contributed by atoms with E-state index in [1.165, 1.54) is 56.6 Å². The molecule has 0 unspecified atom stereocenters. The van der Waals surface area contributed by atoms with Crippen LogP contribution in [0.25, 0.3) is 0 Å². The molecule has 0 spiro atoms. The Morgan fingerprint density at radius 3 is 1.38 bits per heavy atom. The molecular formula is C30H58O8Si2. The summed E-state index contributed by atoms with van der Waals surface area (Å²) in [6, 6.07) is 0.862. The minimum absolute atomic E-state index is 0.381. The average Bonchev–Trinajstić information content (AvgIpc) is 2.96. The fourth-order valence-corrected chi connectivity index (χ4v) is 7.05. The third-order valence-corrected chi connectivity index (χ3v) is 10.8. The number of carbonyl (C=O) groups is 2. The smallest absolute Gasteiger partial charge is 0.463 e. The molecule has 0 aromatic rings. The molecule has 0 saturated heterocycles. The van der Waals surface area contributed by atoms with E-state index < -0.39 is 30.5 Å². The minimum atomic E-state index is -2.41. The first-order chi connectivity index (χ1) is 19.4. The van der Waals surface area contributed by atoms with Crippen molar-refractivity contribution >= 4 is 30.5 Å². The molecule has 0 aliphatic carbocycles. The summed E-state index contributed by atoms with van der Waals surface area (Å²) in [6.07, 6.45) is 21.4. The second kappa shape index (κ2) is 27.8. The van der Waals surface area contributed by atoms with Crippen LogP contribution in [-0.4, -0.2) is 72.2 Å². The molecule has 0 atom stereocenters. The molecule has 0 aromatic heterocycles. The van der Waals surface area contributed by atoms with Crippen LogP contribution < -0.4 is 0 Å². The van der Waals surface area contributed by atoms with Crippen LogP contribution >= 0.6 is 0 Å². The lowest BCUT2D eigenvalue weighted by Crippen LogP contribution is -2.42. The normalized spacial score (nSPS) is 12.0. The molecule has 0 N–H and O–H groups in total. The van der Waals surface area contributed by atoms with Gasteiger partial charge in [-0.1, -0.05) is 82.2 Å². The lowest BCUT2D eigenvalue weighted by molar-refractivity contribution is -0.140. The Kier molecular flexibility index (Phi) is 26.9. The summed E-state index contributed by atoms with van der Waals surface area (Å²) < 4.78 is 31.9. The molecule has 0 bridgehead atoms. The fourth-order valence-electron chi connectivity index (χ4n) is 4.45. The van der Waals surface area contributed by atoms with Crippen molar-refractivity contribution in [1.82, 2.24) is 0 Å². The number of hydrogen-bond donors (Lipinski definition) is 0. The number of unbranched alkanes of at least 4 members (excludes halogenated alkanes) is 14. The Balaban J connectivity index is 3.51. The van der Waals surface area contributed by atoms with Crippen molar-refractivity contribution < 1.29 is 36.8 Å². The predicted octanol–water partition coefficient (Wildman–Crippen LogP) is 6.38. The molecule has 40 heavy (non-hydrogen) atoms. The molecular weight excluding hydrogens is 544 g/mol. The first-order valence-corrected chi connectivity index (χ1v) is 18.5. The second-order valence-electron chi connectivity index (χ2n) is 10.3. The van der Waals surface area contributed by atoms with Crippen LogP contribution in [0.3, 0.4) is 0 Å². The zero-order valence-electron chi connectivity index (χ0n) is 26.0. The Bertz CT molecular complexity index is 660. The van der Waals surface area contributed by atoms with Crippen molar-refractivity contribution in [2.75, 3.05) is 41.7 Å². The van der Waals surface area contributed by atoms with Gasteiger partial charge < -0.3 is 27.2 Å². The highest BCUT2D eigenvalue weighted by Gasteiger charge is 2.36. The van der Waals surface area contributed by atoms with E-state index in [4.69, 9.17) is 27.2 Å². The molecule has 0 aliphatic heterocycles. The monoisotopic (exact) mass is 602 g/mol. The van der Waals surface area contributed by atoms with Gasteiger partial charge in [0, 0.05) is 46.6 Å². The molecule has 0 rings (SSSR count). The van der Waals surface area contributed by atoms with Crippen LogP contribution in [0.15, 0.2) is 23.9 Å². The quantitative estimate of drug-likeness (QED) is 0.0422. The summed E-state index contributed by atoms with van der Waals surface area (Å²) in [5.74, 6) is -0.984. The average molecular weight is 603 g/mol. The summed E-state index contributed by atoms with van der Waals surface area (Å²) in [5.41, 5.74) is 0. The Labute approximate surface area is 247 Å². The number of ether oxygens (including phenoxy) is 2. The summed E-state index contributed by atoms with van der Waals surface area (Å²) in [4.78, 5) is 23.5. The highest BCUT2D eigenvalue weighted by molar-refractivity contribution is 6.60. The molecule has 0 radical (unpaired) electrons. The fraction of sp³-hybridized carbons (Fsp3) is 0.800. The third kappa shape index (κ3) is 23.4. The number of carbonyl (C=O) groups excluding carboxylic acids is 2. The highest BCUT2D eigenvalue weighted by atomic mass is 28.4. The van der Waals surface area contributed by atoms with Gasteiger partial charge in [0.15, 0.2) is 9.76 Å². The third-order valence-electron chi connectivity index (χ3n) is 6.93. The van der Waals surface area contributed by atoms with Gasteiger partial charge >= 0.3 is 20.7 Å². The van der Waals surface area contributed by atoms with Crippen LogP contribution in [0, 0.1) is 0 Å². The van der Waals surface area contributed by atoms with Crippen molar-refractivity contribution in [3.63, 3.8) is 0 Å². The van der Waals surface area contributed by atoms with Crippen LogP contribution in [0.4, 0.5) is 0 Å². The highest BCUT2D eigenvalue weighted by Crippen LogP contribution is 2.18. The largest absolute Gasteiger partial charge is 0.500 e. The van der Waals surface area contributed by atoms with E-state index in [0.29, 0.717) is 13.2 Å². The topological polar surface area (TPSA) is 89.5 Å². The van der Waals surface area contributed by atoms with Gasteiger partial charge in [-0.25, -0.2) is 9.59 Å². The predicted molar refractivity (Wildman–Crippen MR) is 166 cm³/mol. The van der Waals surface area contributed by atoms with E-state index in [9.17, 15) is 9.59 Å². The van der Waals surface area contributed by atoms with Crippen molar-refractivity contribution in [3.05, 3.63) is 23.9 Å². The van der Waals surface area contributed by atoms with Crippen LogP contribution in [0.5, 0.6) is 0 Å². The van der Waals surface area contributed by atoms with E-state index in [1.807, 2.05) is 0 Å². The van der Waals surface area contributed by atoms with Crippen LogP contribution in [0.2, 0.25) is 6.04 Å². The number of hydrogen-bond acceptors (Lipinski definition) is 8. The molecule has 10 heteroatoms. The van der Waals surface area contributed by atoms with E-state index in [2.05, 4.69) is 6.58 Å². The molecule has 0 aromatic carbocycles. The maximum Gasteiger partial charge on any atom is 0.500 e. The Morgan fingerprint density at radius 2 is 0.975 bits per heavy atom. The molecule has 0 fully saturated rings. The Hall–Kier alpha value is -1.31. The van der Waals surface area contributed by atoms with Gasteiger partial charge in [0.2, 0.25) is 0 Å². The Morgan fingerprint density at radius 1 is 0.600 bits per heavy atom. The van der Waals surface area contributed by atoms with Gasteiger partial charge in [-0.2, -0.15) is 0 Å². The van der Waals surface area contributed by atoms with Gasteiger partial charge in [0.05, 0.1) is 13.2 Å². The molecule has 0 amide bonds. The SMILES string of the molecule is C=C(CCCCCCCCCOC(=O)C=CC(=O)OCCCCCCCCCCC[Si](OC)(OC)OC)[SiH2]OC. The maximum atomic E-state index is 11.8. The van der Waals surface area contributed by atoms with Crippen molar-refractivity contribution in [1.29, 1.82) is 0 Å². The standard InChI is InChI=1S/C30H58O8Si2/c1-28(39-33-2)22-18-14-10-9-12-16-20-26-38-30(32)24-23-29(31)37-25-19-15-11-7-6-8-13-17-21-27-40(34-3,35-4)36-5/h23-24H,1,6-22,25-27,39H2,2-5H3. The van der Waals surface area contributed by atoms with Crippen LogP contribution in [-0.2, 0) is 36.8 Å². The molecule has 234 valence electrons. The minimum Gasteiger partial charge on any atom is -0.463 e. The van der Waals surface area contributed by atoms with Crippen molar-refractivity contribution in [2.24, 2.45) is 0 Å². The summed E-state index contributed by atoms with van der Waals surface area (Å²) >= 11 is 0. The summed E-state index contributed by atoms with van der Waals surface area (Å²) in [5, 5.41) is 1.30. The van der Waals surface area contributed by atoms with Gasteiger partial charge in [0.25, 0.3) is 0 Å². The van der Waals surface area contributed by atoms with Crippen LogP contribution in [0.1, 0.15) is 109 Å². The first kappa shape index (κ1) is 38.7. The maximum absolute atomic E-state index is 11.8. The van der Waals surface area contributed by atoms with E-state index in [-0.39, 0.29) is 0 Å². The van der Waals surface area contributed by atoms with E-state index >= 15 is 0 Å². The summed E-state index contributed by atoms with van der Waals surface area (Å²) in [6.45, 7) is 4.82. The number of rotatable bonds is 29. The number of esters is 2. The van der Waals surface area contributed by atoms with Crippen molar-refractivity contribution in [2.45, 2.75) is 115 Å². The van der Waals surface area contributed by atoms with Gasteiger partial charge in [-0.15, -0.1) is 6.58 Å². The lowest BCUT2D eigenvalue weighted by Gasteiger charge is -2.24. The summed E-state index contributed by atoms with van der Waals surface area (Å²) in [7, 11) is 3.81. The first-order valence-electron chi connectivity index (χ1n) is 15.3. The zero-order valence-corrected chi connectivity index (χ0v) is 28.4. The van der Waals surface area contributed by atoms with E-state index in [1.54, 1.807) is 28.4 Å². The molecule has 0 aliphatic rings. The van der Waals surface area contributed by atoms with Gasteiger partial charge in [-0.05, 0) is 32.1 Å². The van der Waals surface area contributed by atoms with Gasteiger partial charge in [-0.3, -0.25) is 0 Å². The van der Waals surface area contributed by atoms with E-state index in [0.717, 1.165) is 76.0 Å². The molecule has 0 heterocycles.